The van der Waals surface area contributed by atoms with Gasteiger partial charge < -0.3 is 10.6 Å². The van der Waals surface area contributed by atoms with Crippen LogP contribution in [0.5, 0.6) is 0 Å². The Balaban J connectivity index is 0.000000310. The zero-order chi connectivity index (χ0) is 10.3. The first-order valence-electron chi connectivity index (χ1n) is 3.98. The topological polar surface area (TPSA) is 46.3 Å². The summed E-state index contributed by atoms with van der Waals surface area (Å²) >= 11 is 0. The monoisotopic (exact) mass is 180 g/mol. The Kier molecular flexibility index (Phi) is 5.55. The van der Waals surface area contributed by atoms with Crippen LogP contribution in [0.15, 0.2) is 24.3 Å². The molecule has 0 atom stereocenters. The minimum absolute atomic E-state index is 0.535. The summed E-state index contributed by atoms with van der Waals surface area (Å²) in [6, 6.07) is 6.95. The van der Waals surface area contributed by atoms with Crippen LogP contribution in [0.25, 0.3) is 0 Å². The summed E-state index contributed by atoms with van der Waals surface area (Å²) in [5.74, 6) is 0. The standard InChI is InChI=1S/C7H7NO.C3H9N/c8-7-4-2-1-3-6(7)5-9;1-4(2)3/h1-5H,8H2;1-3H3. The summed E-state index contributed by atoms with van der Waals surface area (Å²) in [6.07, 6.45) is 0.745. The smallest absolute Gasteiger partial charge is 0.152 e. The van der Waals surface area contributed by atoms with Gasteiger partial charge in [0, 0.05) is 11.3 Å². The van der Waals surface area contributed by atoms with Crippen LogP contribution in [0.3, 0.4) is 0 Å². The highest BCUT2D eigenvalue weighted by atomic mass is 16.1. The van der Waals surface area contributed by atoms with Crippen LogP contribution >= 0.6 is 0 Å². The molecule has 0 radical (unpaired) electrons. The molecule has 0 saturated carbocycles. The van der Waals surface area contributed by atoms with Gasteiger partial charge in [-0.25, -0.2) is 0 Å². The number of benzene rings is 1. The van der Waals surface area contributed by atoms with Gasteiger partial charge in [-0.05, 0) is 33.3 Å². The maximum absolute atomic E-state index is 10.1. The molecule has 3 heteroatoms. The van der Waals surface area contributed by atoms with Gasteiger partial charge in [0.05, 0.1) is 0 Å². The van der Waals surface area contributed by atoms with Crippen LogP contribution in [0.1, 0.15) is 10.4 Å². The molecule has 0 aliphatic carbocycles. The highest BCUT2D eigenvalue weighted by Gasteiger charge is 1.90. The molecule has 0 saturated heterocycles. The van der Waals surface area contributed by atoms with E-state index in [0.717, 1.165) is 6.29 Å². The number of nitrogens with zero attached hydrogens (tertiary/aromatic N) is 1. The lowest BCUT2D eigenvalue weighted by atomic mass is 10.2. The Morgan fingerprint density at radius 3 is 2.00 bits per heavy atom. The van der Waals surface area contributed by atoms with E-state index in [9.17, 15) is 4.79 Å². The molecule has 72 valence electrons. The number of hydrogen-bond acceptors (Lipinski definition) is 3. The van der Waals surface area contributed by atoms with Gasteiger partial charge in [-0.1, -0.05) is 12.1 Å². The largest absolute Gasteiger partial charge is 0.398 e. The summed E-state index contributed by atoms with van der Waals surface area (Å²) in [4.78, 5) is 12.1. The van der Waals surface area contributed by atoms with Gasteiger partial charge in [-0.3, -0.25) is 4.79 Å². The average Bonchev–Trinajstić information content (AvgIpc) is 2.04. The molecule has 1 aromatic carbocycles. The maximum atomic E-state index is 10.1. The zero-order valence-corrected chi connectivity index (χ0v) is 8.32. The van der Waals surface area contributed by atoms with Crippen molar-refractivity contribution >= 4 is 12.0 Å². The molecule has 13 heavy (non-hydrogen) atoms. The van der Waals surface area contributed by atoms with Gasteiger partial charge in [0.25, 0.3) is 0 Å². The summed E-state index contributed by atoms with van der Waals surface area (Å²) < 4.78 is 0. The molecule has 2 N–H and O–H groups in total. The minimum Gasteiger partial charge on any atom is -0.398 e. The number of carbonyl (C=O) groups excluding carboxylic acids is 1. The molecule has 0 heterocycles. The molecule has 3 nitrogen and oxygen atoms in total. The molecule has 0 amide bonds. The third-order valence-electron chi connectivity index (χ3n) is 1.12. The number of hydrogen-bond donors (Lipinski definition) is 1. The quantitative estimate of drug-likeness (QED) is 0.522. The van der Waals surface area contributed by atoms with E-state index < -0.39 is 0 Å². The first-order valence-corrected chi connectivity index (χ1v) is 3.98. The molecule has 0 aliphatic heterocycles. The zero-order valence-electron chi connectivity index (χ0n) is 8.32. The number of nitrogens with two attached hydrogens (primary N) is 1. The number of aldehydes is 1. The molecule has 0 unspecified atom stereocenters. The Bertz CT molecular complexity index is 256. The van der Waals surface area contributed by atoms with E-state index in [2.05, 4.69) is 0 Å². The van der Waals surface area contributed by atoms with E-state index in [-0.39, 0.29) is 0 Å². The SMILES string of the molecule is CN(C)C.Nc1ccccc1C=O. The number of nitrogen functional groups attached to an aromatic ring is 1. The fourth-order valence-electron chi connectivity index (χ4n) is 0.618. The van der Waals surface area contributed by atoms with E-state index in [1.165, 1.54) is 0 Å². The molecule has 0 fully saturated rings. The number of rotatable bonds is 1. The lowest BCUT2D eigenvalue weighted by molar-refractivity contribution is 0.112. The second-order valence-electron chi connectivity index (χ2n) is 3.09. The normalized spacial score (nSPS) is 8.92. The van der Waals surface area contributed by atoms with Gasteiger partial charge in [0.15, 0.2) is 6.29 Å². The van der Waals surface area contributed by atoms with Crippen molar-refractivity contribution in [3.8, 4) is 0 Å². The van der Waals surface area contributed by atoms with Crippen molar-refractivity contribution in [2.45, 2.75) is 0 Å². The van der Waals surface area contributed by atoms with Gasteiger partial charge in [0.1, 0.15) is 0 Å². The van der Waals surface area contributed by atoms with E-state index in [4.69, 9.17) is 5.73 Å². The van der Waals surface area contributed by atoms with Crippen molar-refractivity contribution in [1.82, 2.24) is 4.90 Å². The molecule has 0 bridgehead atoms. The summed E-state index contributed by atoms with van der Waals surface area (Å²) in [5, 5.41) is 0. The number of para-hydroxylation sites is 1. The van der Waals surface area contributed by atoms with Gasteiger partial charge >= 0.3 is 0 Å². The second kappa shape index (κ2) is 6.20. The molecule has 0 aromatic heterocycles. The third kappa shape index (κ3) is 5.87. The summed E-state index contributed by atoms with van der Waals surface area (Å²) in [6.45, 7) is 0. The lowest BCUT2D eigenvalue weighted by Gasteiger charge is -1.92. The molecule has 1 aromatic rings. The molecular formula is C10H16N2O. The van der Waals surface area contributed by atoms with Gasteiger partial charge in [-0.2, -0.15) is 0 Å². The van der Waals surface area contributed by atoms with Crippen molar-refractivity contribution in [1.29, 1.82) is 0 Å². The fourth-order valence-corrected chi connectivity index (χ4v) is 0.618. The van der Waals surface area contributed by atoms with Crippen molar-refractivity contribution in [2.75, 3.05) is 26.9 Å². The fraction of sp³-hybridized carbons (Fsp3) is 0.300. The van der Waals surface area contributed by atoms with Crippen LogP contribution in [0.4, 0.5) is 5.69 Å². The van der Waals surface area contributed by atoms with E-state index in [1.54, 1.807) is 24.3 Å². The van der Waals surface area contributed by atoms with Crippen LogP contribution in [-0.2, 0) is 0 Å². The lowest BCUT2D eigenvalue weighted by Crippen LogP contribution is -1.99. The maximum Gasteiger partial charge on any atom is 0.152 e. The summed E-state index contributed by atoms with van der Waals surface area (Å²) in [7, 11) is 6.00. The molecule has 0 aliphatic rings. The Morgan fingerprint density at radius 2 is 1.69 bits per heavy atom. The highest BCUT2D eigenvalue weighted by molar-refractivity contribution is 5.82. The average molecular weight is 180 g/mol. The highest BCUT2D eigenvalue weighted by Crippen LogP contribution is 2.05. The molecule has 1 rings (SSSR count). The second-order valence-corrected chi connectivity index (χ2v) is 3.09. The summed E-state index contributed by atoms with van der Waals surface area (Å²) in [5.41, 5.74) is 6.49. The molecule has 0 spiro atoms. The first kappa shape index (κ1) is 11.6. The van der Waals surface area contributed by atoms with E-state index >= 15 is 0 Å². The predicted octanol–water partition coefficient (Wildman–Crippen LogP) is 1.26. The Labute approximate surface area is 79.2 Å². The van der Waals surface area contributed by atoms with E-state index in [1.807, 2.05) is 26.0 Å². The van der Waals surface area contributed by atoms with Gasteiger partial charge in [0.2, 0.25) is 0 Å². The van der Waals surface area contributed by atoms with Crippen LogP contribution in [0, 0.1) is 0 Å². The Morgan fingerprint density at radius 1 is 1.23 bits per heavy atom. The van der Waals surface area contributed by atoms with Gasteiger partial charge in [-0.15, -0.1) is 0 Å². The van der Waals surface area contributed by atoms with Crippen LogP contribution in [0.2, 0.25) is 0 Å². The van der Waals surface area contributed by atoms with Crippen molar-refractivity contribution in [3.05, 3.63) is 29.8 Å². The molecular weight excluding hydrogens is 164 g/mol. The number of anilines is 1. The minimum atomic E-state index is 0.535. The first-order chi connectivity index (χ1) is 6.07. The number of carbonyl (C=O) groups is 1. The van der Waals surface area contributed by atoms with Crippen molar-refractivity contribution in [3.63, 3.8) is 0 Å². The van der Waals surface area contributed by atoms with Crippen molar-refractivity contribution < 1.29 is 4.79 Å². The predicted molar refractivity (Wildman–Crippen MR) is 55.9 cm³/mol. The third-order valence-corrected chi connectivity index (χ3v) is 1.12. The van der Waals surface area contributed by atoms with Crippen molar-refractivity contribution in [2.24, 2.45) is 0 Å². The van der Waals surface area contributed by atoms with Crippen LogP contribution in [-0.4, -0.2) is 32.3 Å². The Hall–Kier alpha value is -1.35. The van der Waals surface area contributed by atoms with Crippen LogP contribution < -0.4 is 5.73 Å². The van der Waals surface area contributed by atoms with E-state index in [0.29, 0.717) is 11.3 Å².